The lowest BCUT2D eigenvalue weighted by molar-refractivity contribution is -0.278. The number of hydrogen-bond donors (Lipinski definition) is 0. The van der Waals surface area contributed by atoms with Crippen LogP contribution in [0, 0.1) is 29.3 Å². The molecule has 2 aliphatic rings. The van der Waals surface area contributed by atoms with Gasteiger partial charge in [-0.2, -0.15) is 0 Å². The van der Waals surface area contributed by atoms with E-state index in [1.807, 2.05) is 13.0 Å². The molecule has 0 bridgehead atoms. The molecule has 0 aliphatic carbocycles. The Morgan fingerprint density at radius 1 is 0.962 bits per heavy atom. The summed E-state index contributed by atoms with van der Waals surface area (Å²) in [6.45, 7) is 4.03. The Bertz CT molecular complexity index is 598. The van der Waals surface area contributed by atoms with Crippen molar-refractivity contribution >= 4 is 0 Å². The minimum Gasteiger partial charge on any atom is -0.352 e. The molecule has 7 heteroatoms. The molecule has 26 heavy (non-hydrogen) atoms. The molecule has 1 aromatic carbocycles. The molecular weight excluding hydrogens is 349 g/mol. The van der Waals surface area contributed by atoms with E-state index in [2.05, 4.69) is 6.08 Å². The zero-order valence-corrected chi connectivity index (χ0v) is 14.6. The first-order chi connectivity index (χ1) is 12.6. The van der Waals surface area contributed by atoms with Gasteiger partial charge in [0.05, 0.1) is 32.3 Å². The number of benzene rings is 1. The number of halogens is 3. The topological polar surface area (TPSA) is 36.9 Å². The second-order valence-electron chi connectivity index (χ2n) is 6.59. The minimum absolute atomic E-state index is 0.0153. The Labute approximate surface area is 150 Å². The maximum atomic E-state index is 13.2. The fourth-order valence-electron chi connectivity index (χ4n) is 3.11. The van der Waals surface area contributed by atoms with Crippen LogP contribution < -0.4 is 0 Å². The SMILES string of the molecule is C/C=C/[C@H]1CO[C@H]([C@H]2CO[C@H](CCc3cc(F)c(F)c(F)c3)OC2)OC1. The maximum Gasteiger partial charge on any atom is 0.194 e. The van der Waals surface area contributed by atoms with Gasteiger partial charge >= 0.3 is 0 Å². The molecule has 2 fully saturated rings. The molecule has 2 saturated heterocycles. The van der Waals surface area contributed by atoms with Crippen molar-refractivity contribution < 1.29 is 32.1 Å². The summed E-state index contributed by atoms with van der Waals surface area (Å²) >= 11 is 0. The van der Waals surface area contributed by atoms with Gasteiger partial charge < -0.3 is 18.9 Å². The Kier molecular flexibility index (Phi) is 6.69. The first-order valence-corrected chi connectivity index (χ1v) is 8.79. The summed E-state index contributed by atoms with van der Waals surface area (Å²) in [6, 6.07) is 1.99. The van der Waals surface area contributed by atoms with Crippen molar-refractivity contribution in [2.75, 3.05) is 26.4 Å². The fourth-order valence-corrected chi connectivity index (χ4v) is 3.11. The van der Waals surface area contributed by atoms with Crippen LogP contribution in [0.3, 0.4) is 0 Å². The highest BCUT2D eigenvalue weighted by atomic mass is 19.2. The van der Waals surface area contributed by atoms with Gasteiger partial charge in [-0.25, -0.2) is 13.2 Å². The third-order valence-corrected chi connectivity index (χ3v) is 4.50. The standard InChI is InChI=1S/C19H23F3O4/c1-2-3-13-8-25-19(26-9-13)14-10-23-17(24-11-14)5-4-12-6-15(20)18(22)16(21)7-12/h2-3,6-7,13-14,17,19H,4-5,8-11H2,1H3/b3-2+/t13-,14-,17-,19-. The third-order valence-electron chi connectivity index (χ3n) is 4.50. The van der Waals surface area contributed by atoms with Crippen LogP contribution in [0.25, 0.3) is 0 Å². The van der Waals surface area contributed by atoms with Gasteiger partial charge in [0.1, 0.15) is 0 Å². The fraction of sp³-hybridized carbons (Fsp3) is 0.579. The van der Waals surface area contributed by atoms with Crippen molar-refractivity contribution in [3.8, 4) is 0 Å². The molecular formula is C19H23F3O4. The van der Waals surface area contributed by atoms with Crippen molar-refractivity contribution in [3.05, 3.63) is 47.3 Å². The molecule has 2 heterocycles. The average Bonchev–Trinajstić information content (AvgIpc) is 2.66. The molecule has 0 spiro atoms. The highest BCUT2D eigenvalue weighted by Crippen LogP contribution is 2.24. The average molecular weight is 372 g/mol. The van der Waals surface area contributed by atoms with Crippen LogP contribution in [0.15, 0.2) is 24.3 Å². The van der Waals surface area contributed by atoms with Crippen LogP contribution in [0.1, 0.15) is 18.9 Å². The molecule has 0 atom stereocenters. The highest BCUT2D eigenvalue weighted by molar-refractivity contribution is 5.19. The van der Waals surface area contributed by atoms with Crippen LogP contribution in [-0.2, 0) is 25.4 Å². The molecule has 0 N–H and O–H groups in total. The molecule has 4 nitrogen and oxygen atoms in total. The summed E-state index contributed by atoms with van der Waals surface area (Å²) in [7, 11) is 0. The van der Waals surface area contributed by atoms with Crippen molar-refractivity contribution in [2.45, 2.75) is 32.3 Å². The molecule has 2 aliphatic heterocycles. The van der Waals surface area contributed by atoms with E-state index in [1.165, 1.54) is 0 Å². The van der Waals surface area contributed by atoms with Crippen molar-refractivity contribution in [1.82, 2.24) is 0 Å². The smallest absolute Gasteiger partial charge is 0.194 e. The Morgan fingerprint density at radius 3 is 2.15 bits per heavy atom. The van der Waals surface area contributed by atoms with Crippen LogP contribution >= 0.6 is 0 Å². The predicted octanol–water partition coefficient (Wildman–Crippen LogP) is 3.59. The number of ether oxygens (including phenoxy) is 4. The normalized spacial score (nSPS) is 30.0. The summed E-state index contributed by atoms with van der Waals surface area (Å²) < 4.78 is 62.2. The van der Waals surface area contributed by atoms with Crippen LogP contribution in [-0.4, -0.2) is 39.0 Å². The number of rotatable bonds is 5. The molecule has 0 saturated carbocycles. The zero-order valence-electron chi connectivity index (χ0n) is 14.6. The molecule has 0 unspecified atom stereocenters. The molecule has 144 valence electrons. The first-order valence-electron chi connectivity index (χ1n) is 8.79. The minimum atomic E-state index is -1.45. The van der Waals surface area contributed by atoms with Crippen molar-refractivity contribution in [1.29, 1.82) is 0 Å². The highest BCUT2D eigenvalue weighted by Gasteiger charge is 2.33. The van der Waals surface area contributed by atoms with Gasteiger partial charge in [0.25, 0.3) is 0 Å². The molecule has 0 amide bonds. The number of hydrogen-bond acceptors (Lipinski definition) is 4. The van der Waals surface area contributed by atoms with Crippen LogP contribution in [0.2, 0.25) is 0 Å². The Hall–Kier alpha value is -1.41. The summed E-state index contributed by atoms with van der Waals surface area (Å²) in [4.78, 5) is 0. The largest absolute Gasteiger partial charge is 0.352 e. The van der Waals surface area contributed by atoms with E-state index in [0.717, 1.165) is 12.1 Å². The van der Waals surface area contributed by atoms with E-state index >= 15 is 0 Å². The van der Waals surface area contributed by atoms with E-state index < -0.39 is 23.7 Å². The van der Waals surface area contributed by atoms with E-state index in [4.69, 9.17) is 18.9 Å². The lowest BCUT2D eigenvalue weighted by atomic mass is 10.1. The van der Waals surface area contributed by atoms with Gasteiger partial charge in [-0.3, -0.25) is 0 Å². The molecule has 0 radical (unpaired) electrons. The summed E-state index contributed by atoms with van der Waals surface area (Å²) in [5, 5.41) is 0. The van der Waals surface area contributed by atoms with Gasteiger partial charge in [0.2, 0.25) is 0 Å². The number of aryl methyl sites for hydroxylation is 1. The summed E-state index contributed by atoms with van der Waals surface area (Å²) in [6.07, 6.45) is 3.96. The first kappa shape index (κ1) is 19.4. The monoisotopic (exact) mass is 372 g/mol. The van der Waals surface area contributed by atoms with E-state index in [0.29, 0.717) is 44.8 Å². The molecule has 3 rings (SSSR count). The van der Waals surface area contributed by atoms with Crippen LogP contribution in [0.4, 0.5) is 13.2 Å². The quantitative estimate of drug-likeness (QED) is 0.585. The second-order valence-corrected chi connectivity index (χ2v) is 6.59. The van der Waals surface area contributed by atoms with Gasteiger partial charge in [-0.1, -0.05) is 12.2 Å². The van der Waals surface area contributed by atoms with Crippen molar-refractivity contribution in [3.63, 3.8) is 0 Å². The van der Waals surface area contributed by atoms with E-state index in [1.54, 1.807) is 0 Å². The lowest BCUT2D eigenvalue weighted by Crippen LogP contribution is -2.44. The van der Waals surface area contributed by atoms with Gasteiger partial charge in [-0.05, 0) is 31.0 Å². The Balaban J connectivity index is 1.42. The molecule has 1 aromatic rings. The van der Waals surface area contributed by atoms with Gasteiger partial charge in [-0.15, -0.1) is 0 Å². The Morgan fingerprint density at radius 2 is 1.58 bits per heavy atom. The van der Waals surface area contributed by atoms with Crippen LogP contribution in [0.5, 0.6) is 0 Å². The third kappa shape index (κ3) is 4.85. The summed E-state index contributed by atoms with van der Waals surface area (Å²) in [5.74, 6) is -3.57. The molecule has 0 aromatic heterocycles. The zero-order chi connectivity index (χ0) is 18.5. The van der Waals surface area contributed by atoms with Gasteiger partial charge in [0.15, 0.2) is 30.0 Å². The van der Waals surface area contributed by atoms with E-state index in [9.17, 15) is 13.2 Å². The summed E-state index contributed by atoms with van der Waals surface area (Å²) in [5.41, 5.74) is 0.365. The lowest BCUT2D eigenvalue weighted by Gasteiger charge is -2.37. The maximum absolute atomic E-state index is 13.2. The van der Waals surface area contributed by atoms with Gasteiger partial charge in [0, 0.05) is 12.3 Å². The van der Waals surface area contributed by atoms with Crippen molar-refractivity contribution in [2.24, 2.45) is 11.8 Å². The van der Waals surface area contributed by atoms with E-state index in [-0.39, 0.29) is 18.1 Å². The predicted molar refractivity (Wildman–Crippen MR) is 87.8 cm³/mol. The number of allylic oxidation sites excluding steroid dienone is 1. The second kappa shape index (κ2) is 8.99.